The molecule has 0 bridgehead atoms. The lowest BCUT2D eigenvalue weighted by atomic mass is 9.85. The van der Waals surface area contributed by atoms with Crippen molar-refractivity contribution in [3.05, 3.63) is 83.1 Å². The molecule has 1 aliphatic carbocycles. The van der Waals surface area contributed by atoms with Crippen LogP contribution in [0.2, 0.25) is 0 Å². The van der Waals surface area contributed by atoms with Crippen LogP contribution >= 0.6 is 0 Å². The van der Waals surface area contributed by atoms with E-state index >= 15 is 4.39 Å². The van der Waals surface area contributed by atoms with Gasteiger partial charge in [0, 0.05) is 26.3 Å². The minimum Gasteiger partial charge on any atom is -0.339 e. The van der Waals surface area contributed by atoms with Crippen LogP contribution in [0, 0.1) is 11.7 Å². The Morgan fingerprint density at radius 1 is 1.18 bits per heavy atom. The molecule has 2 unspecified atom stereocenters. The highest BCUT2D eigenvalue weighted by Gasteiger charge is 2.35. The third-order valence-corrected chi connectivity index (χ3v) is 8.49. The predicted molar refractivity (Wildman–Crippen MR) is 130 cm³/mol. The van der Waals surface area contributed by atoms with Gasteiger partial charge in [-0.3, -0.25) is 0 Å². The third-order valence-electron chi connectivity index (χ3n) is 7.14. The topological polar surface area (TPSA) is 67.2 Å². The van der Waals surface area contributed by atoms with E-state index in [1.54, 1.807) is 17.7 Å². The number of nitrogens with zero attached hydrogens (tertiary/aromatic N) is 3. The lowest BCUT2D eigenvalue weighted by Gasteiger charge is -2.35. The Morgan fingerprint density at radius 2 is 1.97 bits per heavy atom. The monoisotopic (exact) mass is 482 g/mol. The minimum atomic E-state index is -3.71. The first kappa shape index (κ1) is 23.2. The van der Waals surface area contributed by atoms with Gasteiger partial charge in [-0.1, -0.05) is 36.4 Å². The Kier molecular flexibility index (Phi) is 6.55. The van der Waals surface area contributed by atoms with Crippen LogP contribution in [0.25, 0.3) is 0 Å². The van der Waals surface area contributed by atoms with Crippen molar-refractivity contribution >= 4 is 10.0 Å². The Balaban J connectivity index is 1.34. The molecule has 1 aromatic heterocycles. The molecule has 5 rings (SSSR count). The molecule has 2 aromatic carbocycles. The minimum absolute atomic E-state index is 0.0267. The zero-order chi connectivity index (χ0) is 23.7. The third kappa shape index (κ3) is 4.94. The lowest BCUT2D eigenvalue weighted by Crippen LogP contribution is -2.41. The molecule has 0 amide bonds. The Labute approximate surface area is 200 Å². The number of fused-ring (bicyclic) bond motifs is 1. The maximum Gasteiger partial charge on any atom is 0.259 e. The first-order valence-corrected chi connectivity index (χ1v) is 13.4. The maximum atomic E-state index is 15.0. The molecular formula is C26H31FN4O2S. The number of aryl methyl sites for hydroxylation is 1. The van der Waals surface area contributed by atoms with Gasteiger partial charge in [-0.25, -0.2) is 22.5 Å². The van der Waals surface area contributed by atoms with Crippen molar-refractivity contribution in [1.82, 2.24) is 19.2 Å². The van der Waals surface area contributed by atoms with E-state index in [0.717, 1.165) is 38.0 Å². The highest BCUT2D eigenvalue weighted by Crippen LogP contribution is 2.42. The van der Waals surface area contributed by atoms with Gasteiger partial charge < -0.3 is 9.47 Å². The van der Waals surface area contributed by atoms with Crippen LogP contribution in [0.3, 0.4) is 0 Å². The van der Waals surface area contributed by atoms with Gasteiger partial charge in [0.1, 0.15) is 5.82 Å². The molecule has 2 aliphatic rings. The average Bonchev–Trinajstić information content (AvgIpc) is 3.36. The van der Waals surface area contributed by atoms with Crippen LogP contribution in [0.4, 0.5) is 4.39 Å². The molecule has 0 saturated carbocycles. The Bertz CT molecular complexity index is 1260. The maximum absolute atomic E-state index is 15.0. The van der Waals surface area contributed by atoms with E-state index in [2.05, 4.69) is 38.9 Å². The van der Waals surface area contributed by atoms with E-state index in [4.69, 9.17) is 0 Å². The van der Waals surface area contributed by atoms with E-state index < -0.39 is 10.0 Å². The summed E-state index contributed by atoms with van der Waals surface area (Å²) in [5.74, 6) is 0.550. The smallest absolute Gasteiger partial charge is 0.259 e. The lowest BCUT2D eigenvalue weighted by molar-refractivity contribution is 0.145. The van der Waals surface area contributed by atoms with E-state index in [1.807, 2.05) is 12.1 Å². The first-order chi connectivity index (χ1) is 16.4. The summed E-state index contributed by atoms with van der Waals surface area (Å²) in [5.41, 5.74) is 4.17. The molecule has 0 radical (unpaired) electrons. The molecule has 0 spiro atoms. The number of sulfonamides is 1. The first-order valence-electron chi connectivity index (χ1n) is 11.9. The highest BCUT2D eigenvalue weighted by molar-refractivity contribution is 7.89. The number of rotatable bonds is 9. The van der Waals surface area contributed by atoms with Crippen LogP contribution in [0.5, 0.6) is 0 Å². The summed E-state index contributed by atoms with van der Waals surface area (Å²) in [6.45, 7) is 3.48. The summed E-state index contributed by atoms with van der Waals surface area (Å²) in [6.07, 6.45) is 6.27. The molecule has 180 valence electrons. The quantitative estimate of drug-likeness (QED) is 0.508. The van der Waals surface area contributed by atoms with E-state index in [9.17, 15) is 8.42 Å². The normalized spacial score (nSPS) is 20.3. The Hall–Kier alpha value is -2.55. The zero-order valence-electron chi connectivity index (χ0n) is 19.5. The van der Waals surface area contributed by atoms with Crippen molar-refractivity contribution in [2.24, 2.45) is 13.0 Å². The van der Waals surface area contributed by atoms with Crippen molar-refractivity contribution < 1.29 is 12.8 Å². The largest absolute Gasteiger partial charge is 0.339 e. The van der Waals surface area contributed by atoms with Gasteiger partial charge in [0.05, 0.1) is 6.33 Å². The second-order valence-electron chi connectivity index (χ2n) is 9.58. The molecule has 8 heteroatoms. The number of benzene rings is 2. The molecule has 2 atom stereocenters. The summed E-state index contributed by atoms with van der Waals surface area (Å²) in [6, 6.07) is 14.2. The standard InChI is InChI=1S/C26H31FN4O2S/c1-30-17-26(28-18-30)34(32,33)29-9-8-20-14-24-21(15-25(20)27)13-22(16-31-10-5-11-31)23(24)12-19-6-3-2-4-7-19/h2-4,6-7,14-15,17-18,22-23,29H,5,8-13,16H2,1H3. The summed E-state index contributed by atoms with van der Waals surface area (Å²) >= 11 is 0. The number of hydrogen-bond acceptors (Lipinski definition) is 4. The molecule has 6 nitrogen and oxygen atoms in total. The van der Waals surface area contributed by atoms with Crippen molar-refractivity contribution in [2.75, 3.05) is 26.2 Å². The van der Waals surface area contributed by atoms with Crippen molar-refractivity contribution in [1.29, 1.82) is 0 Å². The van der Waals surface area contributed by atoms with Crippen molar-refractivity contribution in [3.8, 4) is 0 Å². The Morgan fingerprint density at radius 3 is 2.65 bits per heavy atom. The number of hydrogen-bond donors (Lipinski definition) is 1. The fraction of sp³-hybridized carbons (Fsp3) is 0.423. The molecule has 1 N–H and O–H groups in total. The summed E-state index contributed by atoms with van der Waals surface area (Å²) in [7, 11) is -2.00. The number of likely N-dealkylation sites (tertiary alicyclic amines) is 1. The SMILES string of the molecule is Cn1cnc(S(=O)(=O)NCCc2cc3c(cc2F)CC(CN2CCC2)C3Cc2ccccc2)c1. The van der Waals surface area contributed by atoms with E-state index in [-0.39, 0.29) is 17.4 Å². The average molecular weight is 483 g/mol. The van der Waals surface area contributed by atoms with Crippen LogP contribution in [-0.2, 0) is 36.3 Å². The van der Waals surface area contributed by atoms with Crippen LogP contribution < -0.4 is 4.72 Å². The summed E-state index contributed by atoms with van der Waals surface area (Å²) in [4.78, 5) is 6.40. The molecular weight excluding hydrogens is 451 g/mol. The fourth-order valence-electron chi connectivity index (χ4n) is 5.22. The fourth-order valence-corrected chi connectivity index (χ4v) is 6.23. The molecule has 1 saturated heterocycles. The number of nitrogens with one attached hydrogen (secondary N) is 1. The zero-order valence-corrected chi connectivity index (χ0v) is 20.3. The summed E-state index contributed by atoms with van der Waals surface area (Å²) in [5, 5.41) is -0.0267. The highest BCUT2D eigenvalue weighted by atomic mass is 32.2. The van der Waals surface area contributed by atoms with E-state index in [1.165, 1.54) is 30.1 Å². The number of imidazole rings is 1. The van der Waals surface area contributed by atoms with Crippen LogP contribution in [-0.4, -0.2) is 49.0 Å². The molecule has 1 aliphatic heterocycles. The number of aromatic nitrogens is 2. The van der Waals surface area contributed by atoms with Crippen molar-refractivity contribution in [2.45, 2.75) is 36.6 Å². The second kappa shape index (κ2) is 9.60. The predicted octanol–water partition coefficient (Wildman–Crippen LogP) is 3.28. The molecule has 34 heavy (non-hydrogen) atoms. The van der Waals surface area contributed by atoms with Gasteiger partial charge in [-0.2, -0.15) is 0 Å². The van der Waals surface area contributed by atoms with E-state index in [0.29, 0.717) is 23.8 Å². The number of halogens is 1. The molecule has 3 aromatic rings. The van der Waals surface area contributed by atoms with Gasteiger partial charge in [0.25, 0.3) is 10.0 Å². The van der Waals surface area contributed by atoms with Gasteiger partial charge in [0.15, 0.2) is 5.03 Å². The second-order valence-corrected chi connectivity index (χ2v) is 11.3. The van der Waals surface area contributed by atoms with Gasteiger partial charge in [-0.15, -0.1) is 0 Å². The van der Waals surface area contributed by atoms with Crippen LogP contribution in [0.15, 0.2) is 60.0 Å². The molecule has 2 heterocycles. The van der Waals surface area contributed by atoms with Gasteiger partial charge in [0.2, 0.25) is 0 Å². The van der Waals surface area contributed by atoms with Crippen molar-refractivity contribution in [3.63, 3.8) is 0 Å². The molecule has 1 fully saturated rings. The van der Waals surface area contributed by atoms with Gasteiger partial charge >= 0.3 is 0 Å². The van der Waals surface area contributed by atoms with Gasteiger partial charge in [-0.05, 0) is 78.9 Å². The summed E-state index contributed by atoms with van der Waals surface area (Å²) < 4.78 is 44.1. The van der Waals surface area contributed by atoms with Crippen LogP contribution in [0.1, 0.15) is 34.6 Å².